The Morgan fingerprint density at radius 3 is 2.95 bits per heavy atom. The highest BCUT2D eigenvalue weighted by Crippen LogP contribution is 2.18. The van der Waals surface area contributed by atoms with Gasteiger partial charge in [-0.05, 0) is 50.4 Å². The third-order valence-electron chi connectivity index (χ3n) is 3.80. The second-order valence-corrected chi connectivity index (χ2v) is 6.11. The number of hydrogen-bond donors (Lipinski definition) is 1. The van der Waals surface area contributed by atoms with E-state index in [-0.39, 0.29) is 0 Å². The van der Waals surface area contributed by atoms with Crippen LogP contribution in [0.2, 0.25) is 0 Å². The smallest absolute Gasteiger partial charge is 0.0372 e. The lowest BCUT2D eigenvalue weighted by atomic mass is 9.97. The molecule has 1 unspecified atom stereocenters. The van der Waals surface area contributed by atoms with E-state index in [1.807, 2.05) is 13.1 Å². The predicted molar refractivity (Wildman–Crippen MR) is 80.1 cm³/mol. The quantitative estimate of drug-likeness (QED) is 0.883. The maximum Gasteiger partial charge on any atom is 0.0372 e. The number of rotatable bonds is 5. The molecule has 0 amide bonds. The molecule has 0 radical (unpaired) electrons. The average Bonchev–Trinajstić information content (AvgIpc) is 2.40. The third-order valence-corrected chi connectivity index (χ3v) is 3.80. The van der Waals surface area contributed by atoms with E-state index >= 15 is 0 Å². The number of likely N-dealkylation sites (tertiary alicyclic amines) is 1. The molecule has 0 saturated carbocycles. The molecule has 0 spiro atoms. The number of pyridine rings is 1. The zero-order valence-electron chi connectivity index (χ0n) is 12.5. The second kappa shape index (κ2) is 7.01. The van der Waals surface area contributed by atoms with Gasteiger partial charge < -0.3 is 5.32 Å². The summed E-state index contributed by atoms with van der Waals surface area (Å²) in [6.45, 7) is 11.1. The van der Waals surface area contributed by atoms with Crippen molar-refractivity contribution < 1.29 is 0 Å². The number of piperidine rings is 1. The molecule has 1 aliphatic rings. The van der Waals surface area contributed by atoms with Crippen LogP contribution in [-0.4, -0.2) is 35.6 Å². The van der Waals surface area contributed by atoms with E-state index in [1.165, 1.54) is 31.5 Å². The predicted octanol–water partition coefficient (Wildman–Crippen LogP) is 2.60. The first kappa shape index (κ1) is 14.5. The van der Waals surface area contributed by atoms with Crippen LogP contribution in [0, 0.1) is 12.8 Å². The van der Waals surface area contributed by atoms with Crippen LogP contribution in [0.25, 0.3) is 0 Å². The molecule has 1 N–H and O–H groups in total. The van der Waals surface area contributed by atoms with Crippen molar-refractivity contribution in [3.8, 4) is 0 Å². The van der Waals surface area contributed by atoms with Crippen LogP contribution < -0.4 is 5.32 Å². The van der Waals surface area contributed by atoms with Gasteiger partial charge in [-0.2, -0.15) is 0 Å². The van der Waals surface area contributed by atoms with Gasteiger partial charge in [0.15, 0.2) is 0 Å². The molecule has 3 nitrogen and oxygen atoms in total. The van der Waals surface area contributed by atoms with E-state index in [9.17, 15) is 0 Å². The third kappa shape index (κ3) is 4.92. The van der Waals surface area contributed by atoms with Crippen molar-refractivity contribution in [2.24, 2.45) is 5.92 Å². The number of hydrogen-bond acceptors (Lipinski definition) is 3. The van der Waals surface area contributed by atoms with Gasteiger partial charge in [0.05, 0.1) is 0 Å². The standard InChI is InChI=1S/C16H27N3/c1-13(2)17-9-15-5-4-8-19(11-15)12-16-7-6-14(3)18-10-16/h6-7,10,13,15,17H,4-5,8-9,11-12H2,1-3H3. The van der Waals surface area contributed by atoms with Gasteiger partial charge in [0.25, 0.3) is 0 Å². The lowest BCUT2D eigenvalue weighted by molar-refractivity contribution is 0.164. The minimum Gasteiger partial charge on any atom is -0.314 e. The first-order valence-electron chi connectivity index (χ1n) is 7.51. The summed E-state index contributed by atoms with van der Waals surface area (Å²) in [7, 11) is 0. The Balaban J connectivity index is 1.82. The van der Waals surface area contributed by atoms with Crippen molar-refractivity contribution >= 4 is 0 Å². The minimum absolute atomic E-state index is 0.594. The van der Waals surface area contributed by atoms with Gasteiger partial charge in [-0.25, -0.2) is 0 Å². The number of nitrogens with one attached hydrogen (secondary N) is 1. The lowest BCUT2D eigenvalue weighted by Gasteiger charge is -2.33. The molecule has 19 heavy (non-hydrogen) atoms. The van der Waals surface area contributed by atoms with Crippen LogP contribution in [0.1, 0.15) is 37.9 Å². The van der Waals surface area contributed by atoms with E-state index in [2.05, 4.69) is 41.2 Å². The lowest BCUT2D eigenvalue weighted by Crippen LogP contribution is -2.40. The summed E-state index contributed by atoms with van der Waals surface area (Å²) < 4.78 is 0. The molecule has 1 aromatic rings. The summed E-state index contributed by atoms with van der Waals surface area (Å²) in [5, 5.41) is 3.57. The van der Waals surface area contributed by atoms with Crippen LogP contribution >= 0.6 is 0 Å². The highest BCUT2D eigenvalue weighted by Gasteiger charge is 2.19. The highest BCUT2D eigenvalue weighted by molar-refractivity contribution is 5.13. The molecule has 0 aromatic carbocycles. The normalized spacial score (nSPS) is 20.9. The van der Waals surface area contributed by atoms with Gasteiger partial charge in [0, 0.05) is 31.0 Å². The van der Waals surface area contributed by atoms with E-state index < -0.39 is 0 Å². The Hall–Kier alpha value is -0.930. The van der Waals surface area contributed by atoms with E-state index in [4.69, 9.17) is 0 Å². The van der Waals surface area contributed by atoms with Gasteiger partial charge in [0.2, 0.25) is 0 Å². The second-order valence-electron chi connectivity index (χ2n) is 6.11. The summed E-state index contributed by atoms with van der Waals surface area (Å²) in [4.78, 5) is 6.96. The highest BCUT2D eigenvalue weighted by atomic mass is 15.1. The first-order chi connectivity index (χ1) is 9.13. The van der Waals surface area contributed by atoms with Crippen LogP contribution in [-0.2, 0) is 6.54 Å². The molecule has 2 heterocycles. The monoisotopic (exact) mass is 261 g/mol. The minimum atomic E-state index is 0.594. The fraction of sp³-hybridized carbons (Fsp3) is 0.688. The molecule has 1 aliphatic heterocycles. The molecule has 2 rings (SSSR count). The maximum absolute atomic E-state index is 4.38. The summed E-state index contributed by atoms with van der Waals surface area (Å²) in [6, 6.07) is 4.91. The largest absolute Gasteiger partial charge is 0.314 e. The van der Waals surface area contributed by atoms with E-state index in [1.54, 1.807) is 0 Å². The molecule has 1 saturated heterocycles. The summed E-state index contributed by atoms with van der Waals surface area (Å²) in [5.41, 5.74) is 2.43. The van der Waals surface area contributed by atoms with Gasteiger partial charge >= 0.3 is 0 Å². The molecular formula is C16H27N3. The molecule has 1 fully saturated rings. The summed E-state index contributed by atoms with van der Waals surface area (Å²) >= 11 is 0. The van der Waals surface area contributed by atoms with Crippen molar-refractivity contribution in [3.05, 3.63) is 29.6 Å². The van der Waals surface area contributed by atoms with Crippen molar-refractivity contribution in [2.75, 3.05) is 19.6 Å². The van der Waals surface area contributed by atoms with Crippen LogP contribution in [0.5, 0.6) is 0 Å². The molecular weight excluding hydrogens is 234 g/mol. The van der Waals surface area contributed by atoms with Crippen molar-refractivity contribution in [1.29, 1.82) is 0 Å². The fourth-order valence-electron chi connectivity index (χ4n) is 2.71. The Labute approximate surface area is 117 Å². The first-order valence-corrected chi connectivity index (χ1v) is 7.51. The van der Waals surface area contributed by atoms with E-state index in [0.717, 1.165) is 24.7 Å². The zero-order valence-corrected chi connectivity index (χ0v) is 12.5. The summed E-state index contributed by atoms with van der Waals surface area (Å²) in [6.07, 6.45) is 4.71. The van der Waals surface area contributed by atoms with Crippen molar-refractivity contribution in [1.82, 2.24) is 15.2 Å². The number of aromatic nitrogens is 1. The number of aryl methyl sites for hydroxylation is 1. The SMILES string of the molecule is Cc1ccc(CN2CCCC(CNC(C)C)C2)cn1. The molecule has 106 valence electrons. The Morgan fingerprint density at radius 2 is 2.26 bits per heavy atom. The zero-order chi connectivity index (χ0) is 13.7. The van der Waals surface area contributed by atoms with Gasteiger partial charge in [-0.1, -0.05) is 19.9 Å². The summed E-state index contributed by atoms with van der Waals surface area (Å²) in [5.74, 6) is 0.801. The van der Waals surface area contributed by atoms with Gasteiger partial charge in [-0.15, -0.1) is 0 Å². The Kier molecular flexibility index (Phi) is 5.34. The Bertz CT molecular complexity index is 372. The van der Waals surface area contributed by atoms with Crippen LogP contribution in [0.15, 0.2) is 18.3 Å². The molecule has 1 atom stereocenters. The molecule has 0 bridgehead atoms. The Morgan fingerprint density at radius 1 is 1.42 bits per heavy atom. The van der Waals surface area contributed by atoms with Crippen LogP contribution in [0.3, 0.4) is 0 Å². The topological polar surface area (TPSA) is 28.2 Å². The van der Waals surface area contributed by atoms with E-state index in [0.29, 0.717) is 6.04 Å². The molecule has 3 heteroatoms. The number of nitrogens with zero attached hydrogens (tertiary/aromatic N) is 2. The fourth-order valence-corrected chi connectivity index (χ4v) is 2.71. The van der Waals surface area contributed by atoms with Crippen molar-refractivity contribution in [2.45, 2.75) is 46.2 Å². The van der Waals surface area contributed by atoms with Gasteiger partial charge in [0.1, 0.15) is 0 Å². The molecule has 1 aromatic heterocycles. The van der Waals surface area contributed by atoms with Gasteiger partial charge in [-0.3, -0.25) is 9.88 Å². The maximum atomic E-state index is 4.38. The molecule has 0 aliphatic carbocycles. The van der Waals surface area contributed by atoms with Crippen molar-refractivity contribution in [3.63, 3.8) is 0 Å². The average molecular weight is 261 g/mol. The van der Waals surface area contributed by atoms with Crippen LogP contribution in [0.4, 0.5) is 0 Å².